The zero-order chi connectivity index (χ0) is 8.43. The van der Waals surface area contributed by atoms with Crippen LogP contribution >= 0.6 is 15.9 Å². The molecule has 0 atom stereocenters. The van der Waals surface area contributed by atoms with Crippen molar-refractivity contribution in [3.05, 3.63) is 26.7 Å². The summed E-state index contributed by atoms with van der Waals surface area (Å²) in [7, 11) is 0. The van der Waals surface area contributed by atoms with Crippen LogP contribution in [-0.2, 0) is 0 Å². The molecule has 6 heteroatoms. The van der Waals surface area contributed by atoms with Crippen LogP contribution in [0.25, 0.3) is 0 Å². The summed E-state index contributed by atoms with van der Waals surface area (Å²) in [6, 6.07) is 3.06. The first-order chi connectivity index (χ1) is 5.11. The molecule has 0 bridgehead atoms. The number of hydrogen-bond donors (Lipinski definition) is 1. The van der Waals surface area contributed by atoms with Crippen molar-refractivity contribution in [3.63, 3.8) is 0 Å². The summed E-state index contributed by atoms with van der Waals surface area (Å²) < 4.78 is 0.386. The lowest BCUT2D eigenvalue weighted by atomic mass is 10.4. The van der Waals surface area contributed by atoms with E-state index in [1.165, 1.54) is 12.1 Å². The lowest BCUT2D eigenvalue weighted by Crippen LogP contribution is -2.15. The molecule has 58 valence electrons. The third-order valence-electron chi connectivity index (χ3n) is 1.08. The smallest absolute Gasteiger partial charge is 0.346 e. The fourth-order valence-electron chi connectivity index (χ4n) is 0.613. The SMILES string of the molecule is Nc1ccc(Br)c([N+](=O)[O-])[nH+]1. The molecular formula is C5H5BrN3O2+. The highest BCUT2D eigenvalue weighted by atomic mass is 79.9. The first-order valence-corrected chi connectivity index (χ1v) is 3.52. The Labute approximate surface area is 70.5 Å². The Morgan fingerprint density at radius 2 is 2.27 bits per heavy atom. The van der Waals surface area contributed by atoms with Crippen molar-refractivity contribution in [2.45, 2.75) is 0 Å². The second-order valence-corrected chi connectivity index (χ2v) is 2.72. The highest BCUT2D eigenvalue weighted by Crippen LogP contribution is 2.18. The molecule has 0 amide bonds. The number of nitrogens with zero attached hydrogens (tertiary/aromatic N) is 1. The van der Waals surface area contributed by atoms with Gasteiger partial charge in [-0.3, -0.25) is 10.1 Å². The Morgan fingerprint density at radius 3 is 2.73 bits per heavy atom. The van der Waals surface area contributed by atoms with Gasteiger partial charge in [0.25, 0.3) is 5.82 Å². The maximum Gasteiger partial charge on any atom is 0.515 e. The summed E-state index contributed by atoms with van der Waals surface area (Å²) in [6.45, 7) is 0. The van der Waals surface area contributed by atoms with Crippen LogP contribution in [0, 0.1) is 10.1 Å². The van der Waals surface area contributed by atoms with Gasteiger partial charge in [-0.25, -0.2) is 0 Å². The minimum atomic E-state index is -0.541. The van der Waals surface area contributed by atoms with Gasteiger partial charge in [0, 0.05) is 6.07 Å². The van der Waals surface area contributed by atoms with Crippen molar-refractivity contribution < 1.29 is 9.91 Å². The average molecular weight is 219 g/mol. The van der Waals surface area contributed by atoms with Gasteiger partial charge in [0.2, 0.25) is 0 Å². The van der Waals surface area contributed by atoms with Crippen LogP contribution in [0.5, 0.6) is 0 Å². The largest absolute Gasteiger partial charge is 0.515 e. The van der Waals surface area contributed by atoms with Crippen LogP contribution < -0.4 is 10.7 Å². The summed E-state index contributed by atoms with van der Waals surface area (Å²) in [5.74, 6) is 0.130. The number of nitrogen functional groups attached to an aromatic ring is 1. The molecule has 0 spiro atoms. The fourth-order valence-corrected chi connectivity index (χ4v) is 0.989. The highest BCUT2D eigenvalue weighted by Gasteiger charge is 2.20. The van der Waals surface area contributed by atoms with E-state index in [-0.39, 0.29) is 11.6 Å². The second-order valence-electron chi connectivity index (χ2n) is 1.87. The van der Waals surface area contributed by atoms with Crippen molar-refractivity contribution in [1.82, 2.24) is 0 Å². The van der Waals surface area contributed by atoms with Crippen LogP contribution in [0.1, 0.15) is 0 Å². The van der Waals surface area contributed by atoms with Crippen molar-refractivity contribution in [2.24, 2.45) is 0 Å². The van der Waals surface area contributed by atoms with Gasteiger partial charge >= 0.3 is 5.82 Å². The molecule has 5 nitrogen and oxygen atoms in total. The summed E-state index contributed by atoms with van der Waals surface area (Å²) in [5.41, 5.74) is 5.28. The number of rotatable bonds is 1. The van der Waals surface area contributed by atoms with E-state index in [2.05, 4.69) is 20.9 Å². The highest BCUT2D eigenvalue weighted by molar-refractivity contribution is 9.10. The van der Waals surface area contributed by atoms with Crippen molar-refractivity contribution in [3.8, 4) is 0 Å². The molecule has 0 aliphatic rings. The molecule has 1 heterocycles. The van der Waals surface area contributed by atoms with Crippen LogP contribution in [0.3, 0.4) is 0 Å². The van der Waals surface area contributed by atoms with Crippen molar-refractivity contribution in [2.75, 3.05) is 5.73 Å². The van der Waals surface area contributed by atoms with Crippen LogP contribution in [0.15, 0.2) is 16.6 Å². The maximum absolute atomic E-state index is 10.3. The van der Waals surface area contributed by atoms with Gasteiger partial charge in [-0.05, 0) is 22.0 Å². The molecule has 0 aromatic carbocycles. The second kappa shape index (κ2) is 2.83. The number of aromatic amines is 1. The topological polar surface area (TPSA) is 83.3 Å². The van der Waals surface area contributed by atoms with Gasteiger partial charge in [0.1, 0.15) is 4.92 Å². The molecule has 0 aliphatic carbocycles. The molecule has 0 unspecified atom stereocenters. The van der Waals surface area contributed by atoms with Crippen molar-refractivity contribution in [1.29, 1.82) is 0 Å². The zero-order valence-corrected chi connectivity index (χ0v) is 6.96. The molecule has 1 aromatic heterocycles. The molecule has 0 fully saturated rings. The van der Waals surface area contributed by atoms with E-state index in [0.717, 1.165) is 0 Å². The minimum Gasteiger partial charge on any atom is -0.346 e. The molecule has 1 rings (SSSR count). The maximum atomic E-state index is 10.3. The third kappa shape index (κ3) is 1.64. The fraction of sp³-hybridized carbons (Fsp3) is 0. The molecule has 11 heavy (non-hydrogen) atoms. The quantitative estimate of drug-likeness (QED) is 0.558. The van der Waals surface area contributed by atoms with Gasteiger partial charge in [0.05, 0.1) is 0 Å². The number of nitrogens with two attached hydrogens (primary N) is 1. The standard InChI is InChI=1S/C5H4BrN3O2/c6-3-1-2-4(7)8-5(3)9(10)11/h1-2H,(H2,7,8)/p+1. The molecule has 3 N–H and O–H groups in total. The van der Waals surface area contributed by atoms with E-state index < -0.39 is 4.92 Å². The monoisotopic (exact) mass is 218 g/mol. The number of nitro groups is 1. The van der Waals surface area contributed by atoms with E-state index in [1.54, 1.807) is 0 Å². The Bertz CT molecular complexity index is 302. The normalized spacial score (nSPS) is 9.55. The Balaban J connectivity index is 3.23. The zero-order valence-electron chi connectivity index (χ0n) is 5.37. The number of pyridine rings is 1. The predicted molar refractivity (Wildman–Crippen MR) is 41.8 cm³/mol. The summed E-state index contributed by atoms with van der Waals surface area (Å²) in [6.07, 6.45) is 0. The van der Waals surface area contributed by atoms with E-state index in [0.29, 0.717) is 4.47 Å². The lowest BCUT2D eigenvalue weighted by Gasteiger charge is -1.87. The summed E-state index contributed by atoms with van der Waals surface area (Å²) in [5, 5.41) is 10.3. The summed E-state index contributed by atoms with van der Waals surface area (Å²) >= 11 is 3.00. The number of halogens is 1. The van der Waals surface area contributed by atoms with Gasteiger partial charge in [-0.15, -0.1) is 4.98 Å². The number of anilines is 1. The molecule has 1 aromatic rings. The molecular weight excluding hydrogens is 214 g/mol. The molecule has 0 saturated carbocycles. The molecule has 0 radical (unpaired) electrons. The van der Waals surface area contributed by atoms with E-state index in [4.69, 9.17) is 5.73 Å². The third-order valence-corrected chi connectivity index (χ3v) is 1.72. The van der Waals surface area contributed by atoms with Crippen molar-refractivity contribution >= 4 is 27.6 Å². The minimum absolute atomic E-state index is 0.134. The predicted octanol–water partition coefficient (Wildman–Crippen LogP) is 0.754. The average Bonchev–Trinajstić information content (AvgIpc) is 1.94. The molecule has 0 aliphatic heterocycles. The van der Waals surface area contributed by atoms with E-state index in [9.17, 15) is 10.1 Å². The lowest BCUT2D eigenvalue weighted by molar-refractivity contribution is -0.520. The van der Waals surface area contributed by atoms with Gasteiger partial charge in [0.15, 0.2) is 4.47 Å². The van der Waals surface area contributed by atoms with E-state index in [1.807, 2.05) is 0 Å². The number of hydrogen-bond acceptors (Lipinski definition) is 3. The number of nitrogens with one attached hydrogen (secondary N) is 1. The van der Waals surface area contributed by atoms with E-state index >= 15 is 0 Å². The number of aromatic nitrogens is 1. The van der Waals surface area contributed by atoms with Gasteiger partial charge < -0.3 is 5.73 Å². The first-order valence-electron chi connectivity index (χ1n) is 2.73. The van der Waals surface area contributed by atoms with Gasteiger partial charge in [-0.2, -0.15) is 0 Å². The number of H-pyrrole nitrogens is 1. The first kappa shape index (κ1) is 7.93. The Hall–Kier alpha value is -1.17. The van der Waals surface area contributed by atoms with Gasteiger partial charge in [-0.1, -0.05) is 0 Å². The van der Waals surface area contributed by atoms with Crippen LogP contribution in [0.4, 0.5) is 11.6 Å². The summed E-state index contributed by atoms with van der Waals surface area (Å²) in [4.78, 5) is 12.1. The van der Waals surface area contributed by atoms with Crippen LogP contribution in [0.2, 0.25) is 0 Å². The van der Waals surface area contributed by atoms with Crippen LogP contribution in [-0.4, -0.2) is 4.92 Å². The Kier molecular flexibility index (Phi) is 2.04. The Morgan fingerprint density at radius 1 is 1.64 bits per heavy atom. The molecule has 0 saturated heterocycles.